The fourth-order valence-electron chi connectivity index (χ4n) is 5.85. The number of para-hydroxylation sites is 2. The molecule has 6 nitrogen and oxygen atoms in total. The summed E-state index contributed by atoms with van der Waals surface area (Å²) in [5.41, 5.74) is 3.77. The number of carboxylic acid groups (broad SMARTS) is 1. The van der Waals surface area contributed by atoms with E-state index in [1.165, 1.54) is 11.1 Å². The third-order valence-electron chi connectivity index (χ3n) is 7.40. The van der Waals surface area contributed by atoms with Crippen molar-refractivity contribution in [3.8, 4) is 11.5 Å². The van der Waals surface area contributed by atoms with Crippen LogP contribution in [0.3, 0.4) is 0 Å². The van der Waals surface area contributed by atoms with E-state index < -0.39 is 29.6 Å². The lowest BCUT2D eigenvalue weighted by atomic mass is 9.52. The van der Waals surface area contributed by atoms with Gasteiger partial charge < -0.3 is 19.3 Å². The highest BCUT2D eigenvalue weighted by Gasteiger charge is 2.60. The molecule has 0 amide bonds. The average molecular weight is 473 g/mol. The normalized spacial score (nSPS) is 23.1. The molecule has 6 heteroatoms. The van der Waals surface area contributed by atoms with Crippen LogP contribution in [0.15, 0.2) is 72.8 Å². The Balaban J connectivity index is 1.53. The number of carbonyl (C=O) groups is 2. The first-order chi connectivity index (χ1) is 17.0. The summed E-state index contributed by atoms with van der Waals surface area (Å²) >= 11 is 0. The zero-order valence-corrected chi connectivity index (χ0v) is 19.7. The maximum atomic E-state index is 13.8. The lowest BCUT2D eigenvalue weighted by Gasteiger charge is -2.49. The van der Waals surface area contributed by atoms with Gasteiger partial charge >= 0.3 is 11.9 Å². The molecule has 4 atom stereocenters. The number of fused-ring (bicyclic) bond motifs is 1. The molecule has 180 valence electrons. The molecule has 1 saturated carbocycles. The Morgan fingerprint density at radius 1 is 0.714 bits per heavy atom. The number of esters is 1. The van der Waals surface area contributed by atoms with Gasteiger partial charge in [0.25, 0.3) is 0 Å². The molecule has 0 aromatic heterocycles. The van der Waals surface area contributed by atoms with Gasteiger partial charge in [-0.25, -0.2) is 0 Å². The molecule has 35 heavy (non-hydrogen) atoms. The van der Waals surface area contributed by atoms with E-state index in [1.54, 1.807) is 26.4 Å². The summed E-state index contributed by atoms with van der Waals surface area (Å²) in [6.45, 7) is 0. The quantitative estimate of drug-likeness (QED) is 0.506. The van der Waals surface area contributed by atoms with E-state index in [0.29, 0.717) is 35.5 Å². The van der Waals surface area contributed by atoms with Crippen molar-refractivity contribution in [2.24, 2.45) is 11.8 Å². The minimum atomic E-state index is -0.964. The maximum absolute atomic E-state index is 13.8. The Hall–Kier alpha value is -3.80. The van der Waals surface area contributed by atoms with Crippen LogP contribution < -0.4 is 9.47 Å². The van der Waals surface area contributed by atoms with Crippen molar-refractivity contribution in [2.45, 2.75) is 30.8 Å². The van der Waals surface area contributed by atoms with Crippen LogP contribution in [0.25, 0.3) is 0 Å². The molecule has 0 spiro atoms. The first-order valence-electron chi connectivity index (χ1n) is 11.8. The number of benzene rings is 3. The van der Waals surface area contributed by atoms with E-state index in [2.05, 4.69) is 12.1 Å². The lowest BCUT2D eigenvalue weighted by molar-refractivity contribution is -0.167. The number of ether oxygens (including phenoxy) is 3. The molecule has 0 bridgehead atoms. The second-order valence-corrected chi connectivity index (χ2v) is 9.16. The van der Waals surface area contributed by atoms with Crippen LogP contribution >= 0.6 is 0 Å². The molecule has 3 aromatic rings. The minimum Gasteiger partial charge on any atom is -0.496 e. The first-order valence-corrected chi connectivity index (χ1v) is 11.8. The molecule has 1 N–H and O–H groups in total. The number of aliphatic carboxylic acids is 1. The highest BCUT2D eigenvalue weighted by molar-refractivity contribution is 5.85. The number of methoxy groups -OCH3 is 2. The molecule has 0 radical (unpaired) electrons. The molecular weight excluding hydrogens is 444 g/mol. The topological polar surface area (TPSA) is 82.1 Å². The second-order valence-electron chi connectivity index (χ2n) is 9.16. The molecule has 2 aliphatic rings. The maximum Gasteiger partial charge on any atom is 0.310 e. The van der Waals surface area contributed by atoms with Crippen LogP contribution in [0.2, 0.25) is 0 Å². The second kappa shape index (κ2) is 9.45. The number of carbonyl (C=O) groups excluding carboxylic acids is 1. The first kappa shape index (κ1) is 23.0. The summed E-state index contributed by atoms with van der Waals surface area (Å²) in [6.07, 6.45) is 1.06. The van der Waals surface area contributed by atoms with Crippen LogP contribution in [0.4, 0.5) is 0 Å². The highest BCUT2D eigenvalue weighted by Crippen LogP contribution is 2.60. The Morgan fingerprint density at radius 3 is 1.63 bits per heavy atom. The molecular formula is C29H28O6. The smallest absolute Gasteiger partial charge is 0.310 e. The predicted molar refractivity (Wildman–Crippen MR) is 130 cm³/mol. The molecule has 2 aliphatic carbocycles. The zero-order chi connectivity index (χ0) is 24.5. The number of carboxylic acids is 1. The minimum absolute atomic E-state index is 0.264. The molecule has 0 heterocycles. The van der Waals surface area contributed by atoms with E-state index in [0.717, 1.165) is 0 Å². The van der Waals surface area contributed by atoms with Crippen molar-refractivity contribution >= 4 is 11.9 Å². The van der Waals surface area contributed by atoms with Crippen molar-refractivity contribution in [3.05, 3.63) is 95.1 Å². The molecule has 0 saturated heterocycles. The van der Waals surface area contributed by atoms with E-state index in [-0.39, 0.29) is 12.1 Å². The van der Waals surface area contributed by atoms with Gasteiger partial charge in [0.05, 0.1) is 26.1 Å². The van der Waals surface area contributed by atoms with Gasteiger partial charge in [-0.15, -0.1) is 0 Å². The van der Waals surface area contributed by atoms with Crippen molar-refractivity contribution in [2.75, 3.05) is 14.2 Å². The summed E-state index contributed by atoms with van der Waals surface area (Å²) in [4.78, 5) is 26.3. The van der Waals surface area contributed by atoms with Gasteiger partial charge in [0.15, 0.2) is 0 Å². The summed E-state index contributed by atoms with van der Waals surface area (Å²) in [7, 11) is 3.10. The van der Waals surface area contributed by atoms with E-state index in [4.69, 9.17) is 14.2 Å². The van der Waals surface area contributed by atoms with Gasteiger partial charge in [0.1, 0.15) is 17.6 Å². The number of hydrogen-bond donors (Lipinski definition) is 1. The fraction of sp³-hybridized carbons (Fsp3) is 0.310. The van der Waals surface area contributed by atoms with E-state index >= 15 is 0 Å². The van der Waals surface area contributed by atoms with Gasteiger partial charge in [-0.1, -0.05) is 60.7 Å². The number of rotatable bonds is 7. The Morgan fingerprint density at radius 2 is 1.17 bits per heavy atom. The van der Waals surface area contributed by atoms with Crippen molar-refractivity contribution in [1.29, 1.82) is 0 Å². The highest BCUT2D eigenvalue weighted by atomic mass is 16.5. The van der Waals surface area contributed by atoms with Crippen molar-refractivity contribution in [1.82, 2.24) is 0 Å². The van der Waals surface area contributed by atoms with Crippen LogP contribution in [-0.4, -0.2) is 37.4 Å². The summed E-state index contributed by atoms with van der Waals surface area (Å²) in [5.74, 6) is -2.92. The van der Waals surface area contributed by atoms with Crippen molar-refractivity contribution in [3.63, 3.8) is 0 Å². The largest absolute Gasteiger partial charge is 0.496 e. The molecule has 2 unspecified atom stereocenters. The monoisotopic (exact) mass is 472 g/mol. The molecule has 1 fully saturated rings. The third-order valence-corrected chi connectivity index (χ3v) is 7.40. The predicted octanol–water partition coefficient (Wildman–Crippen LogP) is 4.61. The van der Waals surface area contributed by atoms with Crippen LogP contribution in [-0.2, 0) is 27.2 Å². The SMILES string of the molecule is COc1ccccc1C1C(C(=O)OC2Cc3ccccc3C2)[C@@H](c2ccccc2OC)[C@@H]1C(=O)O. The molecule has 0 aliphatic heterocycles. The van der Waals surface area contributed by atoms with E-state index in [1.807, 2.05) is 48.5 Å². The van der Waals surface area contributed by atoms with Crippen LogP contribution in [0.5, 0.6) is 11.5 Å². The Labute approximate surface area is 204 Å². The van der Waals surface area contributed by atoms with E-state index in [9.17, 15) is 14.7 Å². The average Bonchev–Trinajstić information content (AvgIpc) is 3.26. The van der Waals surface area contributed by atoms with Gasteiger partial charge in [-0.3, -0.25) is 9.59 Å². The van der Waals surface area contributed by atoms with Crippen LogP contribution in [0, 0.1) is 11.8 Å². The van der Waals surface area contributed by atoms with Gasteiger partial charge in [-0.05, 0) is 34.4 Å². The fourth-order valence-corrected chi connectivity index (χ4v) is 5.85. The summed E-state index contributed by atoms with van der Waals surface area (Å²) in [6, 6.07) is 22.7. The summed E-state index contributed by atoms with van der Waals surface area (Å²) in [5, 5.41) is 10.3. The van der Waals surface area contributed by atoms with Crippen molar-refractivity contribution < 1.29 is 28.9 Å². The molecule has 5 rings (SSSR count). The van der Waals surface area contributed by atoms with Gasteiger partial charge in [-0.2, -0.15) is 0 Å². The van der Waals surface area contributed by atoms with Gasteiger partial charge in [0, 0.05) is 24.7 Å². The zero-order valence-electron chi connectivity index (χ0n) is 19.7. The third kappa shape index (κ3) is 4.03. The standard InChI is InChI=1S/C29H28O6/c1-33-22-13-7-5-11-20(22)24-26(28(30)31)25(21-12-6-8-14-23(21)34-2)27(24)29(32)35-19-15-17-9-3-4-10-18(17)16-19/h3-14,19,24-27H,15-16H2,1-2H3,(H,30,31)/t24-,25?,26-,27?/m0/s1. The van der Waals surface area contributed by atoms with Crippen LogP contribution in [0.1, 0.15) is 34.1 Å². The Kier molecular flexibility index (Phi) is 6.20. The van der Waals surface area contributed by atoms with Gasteiger partial charge in [0.2, 0.25) is 0 Å². The number of hydrogen-bond acceptors (Lipinski definition) is 5. The Bertz CT molecular complexity index is 1170. The summed E-state index contributed by atoms with van der Waals surface area (Å²) < 4.78 is 17.2. The lowest BCUT2D eigenvalue weighted by Crippen LogP contribution is -2.52. The molecule has 3 aromatic carbocycles.